The van der Waals surface area contributed by atoms with Crippen molar-refractivity contribution in [2.45, 2.75) is 32.4 Å². The molecule has 1 heterocycles. The third-order valence-electron chi connectivity index (χ3n) is 3.38. The first-order chi connectivity index (χ1) is 8.28. The monoisotopic (exact) mass is 278 g/mol. The van der Waals surface area contributed by atoms with Crippen LogP contribution in [-0.2, 0) is 6.18 Å². The number of nitrogens with zero attached hydrogens (tertiary/aromatic N) is 1. The average molecular weight is 279 g/mol. The van der Waals surface area contributed by atoms with E-state index in [1.807, 2.05) is 0 Å². The first kappa shape index (κ1) is 13.5. The van der Waals surface area contributed by atoms with Crippen LogP contribution in [-0.4, -0.2) is 11.5 Å². The van der Waals surface area contributed by atoms with Gasteiger partial charge in [-0.25, -0.2) is 4.98 Å². The van der Waals surface area contributed by atoms with Gasteiger partial charge < -0.3 is 5.32 Å². The Morgan fingerprint density at radius 2 is 2.06 bits per heavy atom. The number of nitrogens with one attached hydrogen (secondary N) is 1. The van der Waals surface area contributed by atoms with Gasteiger partial charge in [-0.3, -0.25) is 0 Å². The second kappa shape index (κ2) is 4.61. The van der Waals surface area contributed by atoms with Crippen LogP contribution in [0.15, 0.2) is 12.1 Å². The molecule has 0 bridgehead atoms. The van der Waals surface area contributed by atoms with Crippen LogP contribution in [0.25, 0.3) is 0 Å². The summed E-state index contributed by atoms with van der Waals surface area (Å²) in [7, 11) is 0. The molecule has 1 N–H and O–H groups in total. The summed E-state index contributed by atoms with van der Waals surface area (Å²) < 4.78 is 37.8. The van der Waals surface area contributed by atoms with E-state index in [-0.39, 0.29) is 16.4 Å². The van der Waals surface area contributed by atoms with Crippen LogP contribution in [0, 0.1) is 5.41 Å². The van der Waals surface area contributed by atoms with Crippen LogP contribution >= 0.6 is 11.6 Å². The van der Waals surface area contributed by atoms with Gasteiger partial charge >= 0.3 is 6.18 Å². The molecule has 0 aliphatic heterocycles. The molecule has 100 valence electrons. The number of anilines is 1. The van der Waals surface area contributed by atoms with Crippen molar-refractivity contribution in [2.75, 3.05) is 11.9 Å². The maximum absolute atomic E-state index is 12.6. The second-order valence-corrected chi connectivity index (χ2v) is 5.47. The Morgan fingerprint density at radius 1 is 1.39 bits per heavy atom. The Balaban J connectivity index is 2.10. The van der Waals surface area contributed by atoms with Gasteiger partial charge in [0.25, 0.3) is 0 Å². The molecule has 0 aromatic carbocycles. The molecule has 1 aromatic heterocycles. The molecule has 2 nitrogen and oxygen atoms in total. The molecule has 18 heavy (non-hydrogen) atoms. The predicted molar refractivity (Wildman–Crippen MR) is 64.7 cm³/mol. The fourth-order valence-corrected chi connectivity index (χ4v) is 2.22. The third kappa shape index (κ3) is 3.07. The fourth-order valence-electron chi connectivity index (χ4n) is 2.01. The lowest BCUT2D eigenvalue weighted by molar-refractivity contribution is -0.137. The first-order valence-corrected chi connectivity index (χ1v) is 6.15. The quantitative estimate of drug-likeness (QED) is 0.831. The van der Waals surface area contributed by atoms with Crippen LogP contribution in [0.2, 0.25) is 5.15 Å². The van der Waals surface area contributed by atoms with Gasteiger partial charge in [0.1, 0.15) is 11.0 Å². The van der Waals surface area contributed by atoms with E-state index >= 15 is 0 Å². The Hall–Kier alpha value is -0.970. The number of pyridine rings is 1. The van der Waals surface area contributed by atoms with Gasteiger partial charge in [-0.15, -0.1) is 0 Å². The van der Waals surface area contributed by atoms with E-state index in [2.05, 4.69) is 17.2 Å². The van der Waals surface area contributed by atoms with Crippen molar-refractivity contribution in [3.8, 4) is 0 Å². The van der Waals surface area contributed by atoms with E-state index in [0.717, 1.165) is 25.0 Å². The minimum atomic E-state index is -4.40. The van der Waals surface area contributed by atoms with E-state index in [1.54, 1.807) is 0 Å². The molecule has 1 aromatic rings. The zero-order valence-corrected chi connectivity index (χ0v) is 10.7. The van der Waals surface area contributed by atoms with Crippen molar-refractivity contribution < 1.29 is 13.2 Å². The van der Waals surface area contributed by atoms with Gasteiger partial charge in [0.15, 0.2) is 0 Å². The molecule has 0 unspecified atom stereocenters. The lowest BCUT2D eigenvalue weighted by Crippen LogP contribution is -2.33. The maximum Gasteiger partial charge on any atom is 0.416 e. The van der Waals surface area contributed by atoms with Gasteiger partial charge in [0, 0.05) is 6.54 Å². The largest absolute Gasteiger partial charge is 0.416 e. The molecule has 0 radical (unpaired) electrons. The number of hydrogen-bond donors (Lipinski definition) is 1. The Kier molecular flexibility index (Phi) is 3.45. The zero-order chi connectivity index (χ0) is 13.4. The zero-order valence-electron chi connectivity index (χ0n) is 9.94. The summed E-state index contributed by atoms with van der Waals surface area (Å²) >= 11 is 5.60. The Bertz CT molecular complexity index is 441. The van der Waals surface area contributed by atoms with E-state index < -0.39 is 11.7 Å². The van der Waals surface area contributed by atoms with Crippen molar-refractivity contribution in [2.24, 2.45) is 5.41 Å². The lowest BCUT2D eigenvalue weighted by atomic mass is 9.70. The number of halogens is 4. The predicted octanol–water partition coefficient (Wildman–Crippen LogP) is 4.36. The molecule has 0 saturated heterocycles. The molecule has 2 rings (SSSR count). The van der Waals surface area contributed by atoms with Crippen LogP contribution in [0.4, 0.5) is 19.0 Å². The minimum Gasteiger partial charge on any atom is -0.369 e. The van der Waals surface area contributed by atoms with Gasteiger partial charge in [0.05, 0.1) is 5.56 Å². The van der Waals surface area contributed by atoms with E-state index in [4.69, 9.17) is 11.6 Å². The summed E-state index contributed by atoms with van der Waals surface area (Å²) in [6.45, 7) is 2.73. The molecule has 0 amide bonds. The topological polar surface area (TPSA) is 24.9 Å². The van der Waals surface area contributed by atoms with E-state index in [9.17, 15) is 13.2 Å². The number of rotatable bonds is 3. The van der Waals surface area contributed by atoms with Crippen molar-refractivity contribution >= 4 is 17.4 Å². The molecule has 1 fully saturated rings. The van der Waals surface area contributed by atoms with E-state index in [0.29, 0.717) is 6.54 Å². The molecule has 0 atom stereocenters. The third-order valence-corrected chi connectivity index (χ3v) is 3.57. The van der Waals surface area contributed by atoms with Crippen LogP contribution in [0.5, 0.6) is 0 Å². The molecular weight excluding hydrogens is 265 g/mol. The summed E-state index contributed by atoms with van der Waals surface area (Å²) in [4.78, 5) is 3.86. The highest BCUT2D eigenvalue weighted by Crippen LogP contribution is 2.40. The summed E-state index contributed by atoms with van der Waals surface area (Å²) in [5.41, 5.74) is -0.605. The highest BCUT2D eigenvalue weighted by atomic mass is 35.5. The highest BCUT2D eigenvalue weighted by Gasteiger charge is 2.33. The second-order valence-electron chi connectivity index (χ2n) is 5.08. The Morgan fingerprint density at radius 3 is 2.56 bits per heavy atom. The van der Waals surface area contributed by atoms with Crippen molar-refractivity contribution in [1.82, 2.24) is 4.98 Å². The summed E-state index contributed by atoms with van der Waals surface area (Å²) in [6.07, 6.45) is -1.04. The first-order valence-electron chi connectivity index (χ1n) is 5.77. The lowest BCUT2D eigenvalue weighted by Gasteiger charge is -2.38. The summed E-state index contributed by atoms with van der Waals surface area (Å²) in [5, 5.41) is 2.80. The molecule has 1 aliphatic rings. The summed E-state index contributed by atoms with van der Waals surface area (Å²) in [5.74, 6) is 0.183. The van der Waals surface area contributed by atoms with Crippen molar-refractivity contribution in [3.63, 3.8) is 0 Å². The van der Waals surface area contributed by atoms with Gasteiger partial charge in [-0.05, 0) is 30.4 Å². The maximum atomic E-state index is 12.6. The van der Waals surface area contributed by atoms with Crippen LogP contribution in [0.3, 0.4) is 0 Å². The van der Waals surface area contributed by atoms with Crippen LogP contribution in [0.1, 0.15) is 31.7 Å². The van der Waals surface area contributed by atoms with Gasteiger partial charge in [-0.2, -0.15) is 13.2 Å². The van der Waals surface area contributed by atoms with E-state index in [1.165, 1.54) is 6.42 Å². The SMILES string of the molecule is CC1(CNc2cc(C(F)(F)F)cc(Cl)n2)CCC1. The van der Waals surface area contributed by atoms with Crippen LogP contribution < -0.4 is 5.32 Å². The molecule has 1 saturated carbocycles. The van der Waals surface area contributed by atoms with Gasteiger partial charge in [-0.1, -0.05) is 24.9 Å². The standard InChI is InChI=1S/C12H14ClF3N2/c1-11(3-2-4-11)7-17-10-6-8(12(14,15)16)5-9(13)18-10/h5-6H,2-4,7H2,1H3,(H,17,18). The number of hydrogen-bond acceptors (Lipinski definition) is 2. The Labute approximate surface area is 109 Å². The molecule has 6 heteroatoms. The minimum absolute atomic E-state index is 0.147. The van der Waals surface area contributed by atoms with Crippen molar-refractivity contribution in [1.29, 1.82) is 0 Å². The molecule has 1 aliphatic carbocycles. The highest BCUT2D eigenvalue weighted by molar-refractivity contribution is 6.29. The molecular formula is C12H14ClF3N2. The summed E-state index contributed by atoms with van der Waals surface area (Å²) in [6, 6.07) is 1.83. The fraction of sp³-hybridized carbons (Fsp3) is 0.583. The molecule has 0 spiro atoms. The number of aromatic nitrogens is 1. The number of alkyl halides is 3. The van der Waals surface area contributed by atoms with Crippen molar-refractivity contribution in [3.05, 3.63) is 22.8 Å². The van der Waals surface area contributed by atoms with Gasteiger partial charge in [0.2, 0.25) is 0 Å². The smallest absolute Gasteiger partial charge is 0.369 e. The average Bonchev–Trinajstić information content (AvgIpc) is 2.22. The normalized spacial score (nSPS) is 18.3.